The Morgan fingerprint density at radius 3 is 2.71 bits per heavy atom. The summed E-state index contributed by atoms with van der Waals surface area (Å²) in [4.78, 5) is 29.4. The minimum absolute atomic E-state index is 0.0159. The van der Waals surface area contributed by atoms with E-state index in [1.165, 1.54) is 4.90 Å². The molecule has 2 aromatic carbocycles. The van der Waals surface area contributed by atoms with Crippen LogP contribution in [0.15, 0.2) is 52.9 Å². The number of nitrogens with zero attached hydrogens (tertiary/aromatic N) is 2. The average molecular weight is 403 g/mol. The van der Waals surface area contributed by atoms with Gasteiger partial charge >= 0.3 is 18.1 Å². The molecule has 0 atom stereocenters. The van der Waals surface area contributed by atoms with Gasteiger partial charge in [0, 0.05) is 18.6 Å². The Bertz CT molecular complexity index is 942. The highest BCUT2D eigenvalue weighted by Gasteiger charge is 2.12. The number of oxazole rings is 1. The number of halogens is 1. The van der Waals surface area contributed by atoms with Gasteiger partial charge in [-0.3, -0.25) is 0 Å². The van der Waals surface area contributed by atoms with Crippen LogP contribution in [-0.4, -0.2) is 42.2 Å². The van der Waals surface area contributed by atoms with Gasteiger partial charge in [0.2, 0.25) is 0 Å². The maximum Gasteiger partial charge on any atom is 0.415 e. The summed E-state index contributed by atoms with van der Waals surface area (Å²) in [5, 5.41) is 5.76. The zero-order valence-corrected chi connectivity index (χ0v) is 15.9. The lowest BCUT2D eigenvalue weighted by Crippen LogP contribution is -2.39. The minimum Gasteiger partial charge on any atom is -0.447 e. The van der Waals surface area contributed by atoms with Gasteiger partial charge in [-0.05, 0) is 23.8 Å². The van der Waals surface area contributed by atoms with Crippen LogP contribution in [0.2, 0.25) is 5.02 Å². The number of hydrogen-bond acceptors (Lipinski definition) is 5. The highest BCUT2D eigenvalue weighted by molar-refractivity contribution is 6.31. The van der Waals surface area contributed by atoms with Crippen molar-refractivity contribution in [3.63, 3.8) is 0 Å². The minimum atomic E-state index is -0.712. The SMILES string of the molecule is CN(CCOC(=O)Nc1nc2ccccc2o1)C(=O)NCc1ccccc1Cl. The van der Waals surface area contributed by atoms with Gasteiger partial charge in [0.15, 0.2) is 5.58 Å². The summed E-state index contributed by atoms with van der Waals surface area (Å²) in [6.45, 7) is 0.541. The first-order chi connectivity index (χ1) is 13.5. The maximum atomic E-state index is 12.1. The second-order valence-corrected chi connectivity index (χ2v) is 6.33. The summed E-state index contributed by atoms with van der Waals surface area (Å²) in [5.74, 6) is 0. The number of aromatic nitrogens is 1. The highest BCUT2D eigenvalue weighted by Crippen LogP contribution is 2.18. The Morgan fingerprint density at radius 2 is 1.93 bits per heavy atom. The number of carbonyl (C=O) groups excluding carboxylic acids is 2. The number of amides is 3. The lowest BCUT2D eigenvalue weighted by atomic mass is 10.2. The number of para-hydroxylation sites is 2. The molecule has 3 amide bonds. The molecule has 0 spiro atoms. The fourth-order valence-electron chi connectivity index (χ4n) is 2.37. The molecule has 0 aliphatic heterocycles. The maximum absolute atomic E-state index is 12.1. The number of benzene rings is 2. The van der Waals surface area contributed by atoms with Crippen LogP contribution in [0.3, 0.4) is 0 Å². The molecular formula is C19H19ClN4O4. The molecule has 0 bridgehead atoms. The number of urea groups is 1. The Hall–Kier alpha value is -3.26. The van der Waals surface area contributed by atoms with Gasteiger partial charge < -0.3 is 19.4 Å². The van der Waals surface area contributed by atoms with Gasteiger partial charge in [0.05, 0.1) is 6.54 Å². The molecule has 0 aliphatic rings. The summed E-state index contributed by atoms with van der Waals surface area (Å²) >= 11 is 6.06. The molecule has 3 rings (SSSR count). The van der Waals surface area contributed by atoms with Gasteiger partial charge in [0.1, 0.15) is 12.1 Å². The molecule has 3 aromatic rings. The molecule has 146 valence electrons. The second kappa shape index (κ2) is 9.09. The molecule has 0 radical (unpaired) electrons. The normalized spacial score (nSPS) is 10.5. The third-order valence-corrected chi connectivity index (χ3v) is 4.27. The molecule has 0 saturated carbocycles. The van der Waals surface area contributed by atoms with E-state index in [-0.39, 0.29) is 25.2 Å². The third kappa shape index (κ3) is 5.14. The molecular weight excluding hydrogens is 384 g/mol. The van der Waals surface area contributed by atoms with Gasteiger partial charge in [0.25, 0.3) is 0 Å². The van der Waals surface area contributed by atoms with Crippen LogP contribution in [0.5, 0.6) is 0 Å². The number of rotatable bonds is 6. The van der Waals surface area contributed by atoms with Crippen LogP contribution >= 0.6 is 11.6 Å². The topological polar surface area (TPSA) is 96.7 Å². The Labute approximate surface area is 166 Å². The number of carbonyl (C=O) groups is 2. The molecule has 1 aromatic heterocycles. The first kappa shape index (κ1) is 19.5. The van der Waals surface area contributed by atoms with Gasteiger partial charge in [-0.15, -0.1) is 0 Å². The monoisotopic (exact) mass is 402 g/mol. The summed E-state index contributed by atoms with van der Waals surface area (Å²) in [6, 6.07) is 14.2. The molecule has 8 nitrogen and oxygen atoms in total. The predicted molar refractivity (Wildman–Crippen MR) is 105 cm³/mol. The molecule has 28 heavy (non-hydrogen) atoms. The van der Waals surface area contributed by atoms with Crippen molar-refractivity contribution in [2.75, 3.05) is 25.5 Å². The molecule has 0 unspecified atom stereocenters. The zero-order valence-electron chi connectivity index (χ0n) is 15.1. The Balaban J connectivity index is 1.39. The van der Waals surface area contributed by atoms with Gasteiger partial charge in [-0.1, -0.05) is 41.9 Å². The van der Waals surface area contributed by atoms with Crippen molar-refractivity contribution in [3.8, 4) is 0 Å². The van der Waals surface area contributed by atoms with Gasteiger partial charge in [-0.2, -0.15) is 4.98 Å². The standard InChI is InChI=1S/C19H19ClN4O4/c1-24(18(25)21-12-13-6-2-3-7-14(13)20)10-11-27-19(26)23-17-22-15-8-4-5-9-16(15)28-17/h2-9H,10-12H2,1H3,(H,21,25)(H,22,23,26). The average Bonchev–Trinajstić information content (AvgIpc) is 3.09. The van der Waals surface area contributed by atoms with Crippen molar-refractivity contribution in [1.29, 1.82) is 0 Å². The van der Waals surface area contributed by atoms with Crippen molar-refractivity contribution < 1.29 is 18.7 Å². The third-order valence-electron chi connectivity index (χ3n) is 3.90. The van der Waals surface area contributed by atoms with E-state index < -0.39 is 6.09 Å². The van der Waals surface area contributed by atoms with Crippen molar-refractivity contribution >= 4 is 40.8 Å². The molecule has 1 heterocycles. The van der Waals surface area contributed by atoms with Crippen LogP contribution in [0, 0.1) is 0 Å². The molecule has 0 aliphatic carbocycles. The fraction of sp³-hybridized carbons (Fsp3) is 0.211. The van der Waals surface area contributed by atoms with Crippen LogP contribution < -0.4 is 10.6 Å². The molecule has 0 saturated heterocycles. The van der Waals surface area contributed by atoms with E-state index in [1.807, 2.05) is 30.3 Å². The Morgan fingerprint density at radius 1 is 1.18 bits per heavy atom. The second-order valence-electron chi connectivity index (χ2n) is 5.92. The summed E-state index contributed by atoms with van der Waals surface area (Å²) in [7, 11) is 1.60. The van der Waals surface area contributed by atoms with E-state index in [1.54, 1.807) is 25.2 Å². The number of ether oxygens (including phenoxy) is 1. The van der Waals surface area contributed by atoms with Crippen LogP contribution in [0.25, 0.3) is 11.1 Å². The quantitative estimate of drug-likeness (QED) is 0.652. The molecule has 9 heteroatoms. The van der Waals surface area contributed by atoms with Gasteiger partial charge in [-0.25, -0.2) is 14.9 Å². The van der Waals surface area contributed by atoms with E-state index >= 15 is 0 Å². The molecule has 2 N–H and O–H groups in total. The zero-order chi connectivity index (χ0) is 19.9. The molecule has 0 fully saturated rings. The number of nitrogens with one attached hydrogen (secondary N) is 2. The van der Waals surface area contributed by atoms with E-state index in [4.69, 9.17) is 20.8 Å². The van der Waals surface area contributed by atoms with Crippen LogP contribution in [-0.2, 0) is 11.3 Å². The van der Waals surface area contributed by atoms with Crippen LogP contribution in [0.4, 0.5) is 15.6 Å². The first-order valence-electron chi connectivity index (χ1n) is 8.54. The summed E-state index contributed by atoms with van der Waals surface area (Å²) in [5.41, 5.74) is 2.01. The number of fused-ring (bicyclic) bond motifs is 1. The largest absolute Gasteiger partial charge is 0.447 e. The lowest BCUT2D eigenvalue weighted by Gasteiger charge is -2.18. The smallest absolute Gasteiger partial charge is 0.415 e. The van der Waals surface area contributed by atoms with E-state index in [0.717, 1.165) is 5.56 Å². The number of anilines is 1. The first-order valence-corrected chi connectivity index (χ1v) is 8.92. The van der Waals surface area contributed by atoms with E-state index in [9.17, 15) is 9.59 Å². The van der Waals surface area contributed by atoms with E-state index in [2.05, 4.69) is 15.6 Å². The number of likely N-dealkylation sites (N-methyl/N-ethyl adjacent to an activating group) is 1. The fourth-order valence-corrected chi connectivity index (χ4v) is 2.58. The Kier molecular flexibility index (Phi) is 6.33. The van der Waals surface area contributed by atoms with Crippen molar-refractivity contribution in [3.05, 3.63) is 59.1 Å². The van der Waals surface area contributed by atoms with E-state index in [0.29, 0.717) is 22.7 Å². The number of hydrogen-bond donors (Lipinski definition) is 2. The van der Waals surface area contributed by atoms with Crippen molar-refractivity contribution in [1.82, 2.24) is 15.2 Å². The highest BCUT2D eigenvalue weighted by atomic mass is 35.5. The van der Waals surface area contributed by atoms with Crippen LogP contribution in [0.1, 0.15) is 5.56 Å². The van der Waals surface area contributed by atoms with Crippen molar-refractivity contribution in [2.45, 2.75) is 6.54 Å². The summed E-state index contributed by atoms with van der Waals surface area (Å²) < 4.78 is 10.4. The predicted octanol–water partition coefficient (Wildman–Crippen LogP) is 3.87. The lowest BCUT2D eigenvalue weighted by molar-refractivity contribution is 0.146. The van der Waals surface area contributed by atoms with Crippen molar-refractivity contribution in [2.24, 2.45) is 0 Å². The summed E-state index contributed by atoms with van der Waals surface area (Å²) in [6.07, 6.45) is -0.712.